The van der Waals surface area contributed by atoms with Crippen molar-refractivity contribution in [3.8, 4) is 0 Å². The van der Waals surface area contributed by atoms with Gasteiger partial charge in [0.15, 0.2) is 0 Å². The number of hydrogen-bond acceptors (Lipinski definition) is 5. The van der Waals surface area contributed by atoms with Crippen molar-refractivity contribution in [2.45, 2.75) is 19.9 Å². The molecule has 0 unspecified atom stereocenters. The minimum atomic E-state index is 0.299. The highest BCUT2D eigenvalue weighted by molar-refractivity contribution is 5.44. The van der Waals surface area contributed by atoms with Crippen LogP contribution in [-0.2, 0) is 6.54 Å². The molecule has 6 nitrogen and oxygen atoms in total. The van der Waals surface area contributed by atoms with E-state index >= 15 is 0 Å². The minimum absolute atomic E-state index is 0.299. The summed E-state index contributed by atoms with van der Waals surface area (Å²) in [6.45, 7) is 3.74. The molecule has 90 valence electrons. The number of aromatic nitrogens is 4. The quantitative estimate of drug-likeness (QED) is 0.753. The molecule has 0 saturated heterocycles. The SMILES string of the molecule is Cc1cnc(N)nc1NCCCn1ccnc1. The Morgan fingerprint density at radius 3 is 3.12 bits per heavy atom. The van der Waals surface area contributed by atoms with Crippen LogP contribution < -0.4 is 11.1 Å². The largest absolute Gasteiger partial charge is 0.370 e. The Bertz CT molecular complexity index is 465. The van der Waals surface area contributed by atoms with Crippen molar-refractivity contribution in [1.29, 1.82) is 0 Å². The zero-order valence-electron chi connectivity index (χ0n) is 9.80. The van der Waals surface area contributed by atoms with Crippen LogP contribution in [0.5, 0.6) is 0 Å². The van der Waals surface area contributed by atoms with E-state index in [1.54, 1.807) is 12.4 Å². The van der Waals surface area contributed by atoms with Crippen molar-refractivity contribution in [2.75, 3.05) is 17.6 Å². The molecule has 0 aliphatic heterocycles. The summed E-state index contributed by atoms with van der Waals surface area (Å²) in [7, 11) is 0. The van der Waals surface area contributed by atoms with E-state index in [0.29, 0.717) is 5.95 Å². The second-order valence-corrected chi connectivity index (χ2v) is 3.84. The van der Waals surface area contributed by atoms with Crippen molar-refractivity contribution in [2.24, 2.45) is 0 Å². The maximum Gasteiger partial charge on any atom is 0.221 e. The predicted molar refractivity (Wildman–Crippen MR) is 66.5 cm³/mol. The first-order valence-electron chi connectivity index (χ1n) is 5.54. The van der Waals surface area contributed by atoms with Crippen LogP contribution in [0.25, 0.3) is 0 Å². The third-order valence-electron chi connectivity index (χ3n) is 2.44. The topological polar surface area (TPSA) is 81.6 Å². The van der Waals surface area contributed by atoms with Crippen molar-refractivity contribution in [3.05, 3.63) is 30.5 Å². The molecule has 0 aliphatic rings. The van der Waals surface area contributed by atoms with Crippen molar-refractivity contribution < 1.29 is 0 Å². The number of rotatable bonds is 5. The molecule has 0 amide bonds. The molecule has 0 aromatic carbocycles. The highest BCUT2D eigenvalue weighted by Crippen LogP contribution is 2.10. The number of nitrogens with one attached hydrogen (secondary N) is 1. The molecule has 3 N–H and O–H groups in total. The van der Waals surface area contributed by atoms with Gasteiger partial charge in [-0.3, -0.25) is 0 Å². The fraction of sp³-hybridized carbons (Fsp3) is 0.364. The molecular formula is C11H16N6. The fourth-order valence-corrected chi connectivity index (χ4v) is 1.52. The summed E-state index contributed by atoms with van der Waals surface area (Å²) in [6.07, 6.45) is 8.27. The molecule has 0 saturated carbocycles. The zero-order valence-corrected chi connectivity index (χ0v) is 9.80. The Morgan fingerprint density at radius 2 is 2.35 bits per heavy atom. The van der Waals surface area contributed by atoms with Crippen LogP contribution in [0.15, 0.2) is 24.9 Å². The number of anilines is 2. The highest BCUT2D eigenvalue weighted by atomic mass is 15.1. The van der Waals surface area contributed by atoms with E-state index in [2.05, 4.69) is 20.3 Å². The molecule has 2 heterocycles. The van der Waals surface area contributed by atoms with Gasteiger partial charge in [0.2, 0.25) is 5.95 Å². The lowest BCUT2D eigenvalue weighted by molar-refractivity contribution is 0.660. The molecule has 0 aliphatic carbocycles. The van der Waals surface area contributed by atoms with Gasteiger partial charge in [-0.15, -0.1) is 0 Å². The Hall–Kier alpha value is -2.11. The average Bonchev–Trinajstić information content (AvgIpc) is 2.82. The summed E-state index contributed by atoms with van der Waals surface area (Å²) < 4.78 is 2.04. The Morgan fingerprint density at radius 1 is 1.47 bits per heavy atom. The van der Waals surface area contributed by atoms with Gasteiger partial charge in [-0.1, -0.05) is 0 Å². The number of nitrogens with two attached hydrogens (primary N) is 1. The molecule has 2 aromatic heterocycles. The first-order chi connectivity index (χ1) is 8.25. The molecule has 0 radical (unpaired) electrons. The summed E-state index contributed by atoms with van der Waals surface area (Å²) >= 11 is 0. The number of nitrogen functional groups attached to an aromatic ring is 1. The Labute approximate surface area is 99.9 Å². The van der Waals surface area contributed by atoms with Crippen molar-refractivity contribution in [1.82, 2.24) is 19.5 Å². The van der Waals surface area contributed by atoms with E-state index in [0.717, 1.165) is 30.9 Å². The third kappa shape index (κ3) is 3.17. The summed E-state index contributed by atoms with van der Waals surface area (Å²) in [5.41, 5.74) is 6.54. The maximum absolute atomic E-state index is 5.53. The van der Waals surface area contributed by atoms with Gasteiger partial charge in [-0.2, -0.15) is 4.98 Å². The van der Waals surface area contributed by atoms with E-state index in [4.69, 9.17) is 5.73 Å². The van der Waals surface area contributed by atoms with E-state index in [-0.39, 0.29) is 0 Å². The van der Waals surface area contributed by atoms with Gasteiger partial charge in [0.05, 0.1) is 6.33 Å². The lowest BCUT2D eigenvalue weighted by Crippen LogP contribution is -2.09. The summed E-state index contributed by atoms with van der Waals surface area (Å²) in [5.74, 6) is 1.11. The van der Waals surface area contributed by atoms with Crippen LogP contribution in [0.4, 0.5) is 11.8 Å². The lowest BCUT2D eigenvalue weighted by atomic mass is 10.3. The Kier molecular flexibility index (Phi) is 3.54. The van der Waals surface area contributed by atoms with Crippen LogP contribution in [-0.4, -0.2) is 26.1 Å². The van der Waals surface area contributed by atoms with Crippen molar-refractivity contribution >= 4 is 11.8 Å². The molecule has 2 aromatic rings. The molecule has 0 spiro atoms. The molecule has 0 bridgehead atoms. The molecule has 2 rings (SSSR count). The average molecular weight is 232 g/mol. The van der Waals surface area contributed by atoms with Crippen molar-refractivity contribution in [3.63, 3.8) is 0 Å². The van der Waals surface area contributed by atoms with Gasteiger partial charge < -0.3 is 15.6 Å². The van der Waals surface area contributed by atoms with E-state index < -0.39 is 0 Å². The molecular weight excluding hydrogens is 216 g/mol. The summed E-state index contributed by atoms with van der Waals surface area (Å²) in [4.78, 5) is 12.1. The number of nitrogens with zero attached hydrogens (tertiary/aromatic N) is 4. The van der Waals surface area contributed by atoms with Crippen LogP contribution in [0, 0.1) is 6.92 Å². The molecule has 17 heavy (non-hydrogen) atoms. The highest BCUT2D eigenvalue weighted by Gasteiger charge is 2.00. The zero-order chi connectivity index (χ0) is 12.1. The smallest absolute Gasteiger partial charge is 0.221 e. The van der Waals surface area contributed by atoms with Gasteiger partial charge in [0.25, 0.3) is 0 Å². The van der Waals surface area contributed by atoms with Gasteiger partial charge in [-0.05, 0) is 13.3 Å². The summed E-state index contributed by atoms with van der Waals surface area (Å²) in [5, 5.41) is 3.25. The number of hydrogen-bond donors (Lipinski definition) is 2. The van der Waals surface area contributed by atoms with E-state index in [1.165, 1.54) is 0 Å². The summed E-state index contributed by atoms with van der Waals surface area (Å²) in [6, 6.07) is 0. The third-order valence-corrected chi connectivity index (χ3v) is 2.44. The second kappa shape index (κ2) is 5.29. The predicted octanol–water partition coefficient (Wildman–Crippen LogP) is 1.07. The molecule has 0 atom stereocenters. The van der Waals surface area contributed by atoms with Crippen LogP contribution in [0.1, 0.15) is 12.0 Å². The van der Waals surface area contributed by atoms with Gasteiger partial charge in [0, 0.05) is 37.2 Å². The minimum Gasteiger partial charge on any atom is -0.370 e. The standard InChI is InChI=1S/C11H16N6/c1-9-7-15-11(12)16-10(9)14-3-2-5-17-6-4-13-8-17/h4,6-8H,2-3,5H2,1H3,(H3,12,14,15,16). The van der Waals surface area contributed by atoms with Crippen LogP contribution in [0.2, 0.25) is 0 Å². The van der Waals surface area contributed by atoms with Gasteiger partial charge in [-0.25, -0.2) is 9.97 Å². The molecule has 6 heteroatoms. The van der Waals surface area contributed by atoms with E-state index in [9.17, 15) is 0 Å². The van der Waals surface area contributed by atoms with Gasteiger partial charge >= 0.3 is 0 Å². The maximum atomic E-state index is 5.53. The van der Waals surface area contributed by atoms with Crippen LogP contribution >= 0.6 is 0 Å². The number of imidazole rings is 1. The fourth-order valence-electron chi connectivity index (χ4n) is 1.52. The first-order valence-corrected chi connectivity index (χ1v) is 5.54. The normalized spacial score (nSPS) is 10.4. The molecule has 0 fully saturated rings. The van der Waals surface area contributed by atoms with E-state index in [1.807, 2.05) is 24.0 Å². The Balaban J connectivity index is 1.80. The second-order valence-electron chi connectivity index (χ2n) is 3.84. The van der Waals surface area contributed by atoms with Gasteiger partial charge in [0.1, 0.15) is 5.82 Å². The van der Waals surface area contributed by atoms with Crippen LogP contribution in [0.3, 0.4) is 0 Å². The monoisotopic (exact) mass is 232 g/mol. The number of aryl methyl sites for hydroxylation is 2. The lowest BCUT2D eigenvalue weighted by Gasteiger charge is -2.08. The first kappa shape index (κ1) is 11.4.